The molecule has 0 saturated heterocycles. The zero-order valence-electron chi connectivity index (χ0n) is 6.75. The SMILES string of the molecule is O=C(O)c1cc2ccc(F)c(F)c2s1. The second-order valence-corrected chi connectivity index (χ2v) is 3.75. The van der Waals surface area contributed by atoms with Crippen molar-refractivity contribution in [3.05, 3.63) is 34.7 Å². The molecule has 14 heavy (non-hydrogen) atoms. The van der Waals surface area contributed by atoms with Crippen LogP contribution in [0.3, 0.4) is 0 Å². The lowest BCUT2D eigenvalue weighted by Crippen LogP contribution is -1.89. The van der Waals surface area contributed by atoms with Gasteiger partial charge in [-0.2, -0.15) is 0 Å². The molecule has 0 aliphatic heterocycles. The summed E-state index contributed by atoms with van der Waals surface area (Å²) in [5.41, 5.74) is 0. The predicted molar refractivity (Wildman–Crippen MR) is 48.7 cm³/mol. The summed E-state index contributed by atoms with van der Waals surface area (Å²) in [5, 5.41) is 9.05. The molecule has 2 aromatic rings. The van der Waals surface area contributed by atoms with Crippen LogP contribution in [0.1, 0.15) is 9.67 Å². The molecule has 0 fully saturated rings. The van der Waals surface area contributed by atoms with E-state index >= 15 is 0 Å². The van der Waals surface area contributed by atoms with Gasteiger partial charge in [0.15, 0.2) is 11.6 Å². The molecule has 2 rings (SSSR count). The van der Waals surface area contributed by atoms with E-state index in [1.165, 1.54) is 12.1 Å². The molecule has 5 heteroatoms. The van der Waals surface area contributed by atoms with E-state index in [9.17, 15) is 13.6 Å². The number of hydrogen-bond acceptors (Lipinski definition) is 2. The topological polar surface area (TPSA) is 37.3 Å². The second-order valence-electron chi connectivity index (χ2n) is 2.70. The van der Waals surface area contributed by atoms with Crippen LogP contribution in [0.4, 0.5) is 8.78 Å². The Hall–Kier alpha value is -1.49. The Morgan fingerprint density at radius 1 is 1.36 bits per heavy atom. The first-order chi connectivity index (χ1) is 6.59. The molecular weight excluding hydrogens is 210 g/mol. The van der Waals surface area contributed by atoms with Crippen molar-refractivity contribution in [2.24, 2.45) is 0 Å². The molecule has 0 aliphatic rings. The number of thiophene rings is 1. The number of fused-ring (bicyclic) bond motifs is 1. The lowest BCUT2D eigenvalue weighted by Gasteiger charge is -1.92. The monoisotopic (exact) mass is 214 g/mol. The first-order valence-electron chi connectivity index (χ1n) is 3.70. The summed E-state index contributed by atoms with van der Waals surface area (Å²) in [6.07, 6.45) is 0. The number of hydrogen-bond donors (Lipinski definition) is 1. The molecule has 72 valence electrons. The molecule has 1 N–H and O–H groups in total. The van der Waals surface area contributed by atoms with Gasteiger partial charge in [-0.3, -0.25) is 0 Å². The Bertz CT molecular complexity index is 519. The smallest absolute Gasteiger partial charge is 0.345 e. The third-order valence-corrected chi connectivity index (χ3v) is 2.92. The fraction of sp³-hybridized carbons (Fsp3) is 0. The van der Waals surface area contributed by atoms with Crippen molar-refractivity contribution >= 4 is 27.4 Å². The maximum atomic E-state index is 13.1. The lowest BCUT2D eigenvalue weighted by molar-refractivity contribution is 0.0702. The summed E-state index contributed by atoms with van der Waals surface area (Å²) in [6.45, 7) is 0. The Labute approximate surface area is 81.4 Å². The summed E-state index contributed by atoms with van der Waals surface area (Å²) < 4.78 is 25.9. The minimum absolute atomic E-state index is 0.00417. The van der Waals surface area contributed by atoms with E-state index in [4.69, 9.17) is 5.11 Å². The van der Waals surface area contributed by atoms with E-state index in [1.54, 1.807) is 0 Å². The molecule has 0 spiro atoms. The van der Waals surface area contributed by atoms with Gasteiger partial charge < -0.3 is 5.11 Å². The molecule has 1 heterocycles. The van der Waals surface area contributed by atoms with E-state index in [1.807, 2.05) is 0 Å². The number of aromatic carboxylic acids is 1. The highest BCUT2D eigenvalue weighted by molar-refractivity contribution is 7.20. The summed E-state index contributed by atoms with van der Waals surface area (Å²) in [5.74, 6) is -3.08. The third-order valence-electron chi connectivity index (χ3n) is 1.79. The molecule has 0 bridgehead atoms. The quantitative estimate of drug-likeness (QED) is 0.792. The largest absolute Gasteiger partial charge is 0.477 e. The van der Waals surface area contributed by atoms with Crippen LogP contribution >= 0.6 is 11.3 Å². The van der Waals surface area contributed by atoms with Crippen molar-refractivity contribution < 1.29 is 18.7 Å². The zero-order valence-corrected chi connectivity index (χ0v) is 7.57. The lowest BCUT2D eigenvalue weighted by atomic mass is 10.2. The average Bonchev–Trinajstić information content (AvgIpc) is 2.56. The van der Waals surface area contributed by atoms with Crippen molar-refractivity contribution in [3.63, 3.8) is 0 Å². The van der Waals surface area contributed by atoms with Gasteiger partial charge in [0.25, 0.3) is 0 Å². The summed E-state index contributed by atoms with van der Waals surface area (Å²) >= 11 is 0.732. The molecule has 0 radical (unpaired) electrons. The maximum Gasteiger partial charge on any atom is 0.345 e. The summed E-state index contributed by atoms with van der Waals surface area (Å²) in [4.78, 5) is 10.6. The number of halogens is 2. The number of carboxylic acids is 1. The fourth-order valence-corrected chi connectivity index (χ4v) is 2.08. The van der Waals surface area contributed by atoms with Crippen LogP contribution in [0.2, 0.25) is 0 Å². The molecule has 2 nitrogen and oxygen atoms in total. The van der Waals surface area contributed by atoms with Crippen molar-refractivity contribution in [2.45, 2.75) is 0 Å². The highest BCUT2D eigenvalue weighted by atomic mass is 32.1. The minimum Gasteiger partial charge on any atom is -0.477 e. The van der Waals surface area contributed by atoms with Gasteiger partial charge in [-0.25, -0.2) is 13.6 Å². The van der Waals surface area contributed by atoms with Crippen molar-refractivity contribution in [3.8, 4) is 0 Å². The van der Waals surface area contributed by atoms with Crippen LogP contribution in [0, 0.1) is 11.6 Å². The normalized spacial score (nSPS) is 10.7. The van der Waals surface area contributed by atoms with Gasteiger partial charge in [-0.05, 0) is 17.5 Å². The number of benzene rings is 1. The first-order valence-corrected chi connectivity index (χ1v) is 4.52. The molecule has 1 aromatic heterocycles. The van der Waals surface area contributed by atoms with Gasteiger partial charge in [0.2, 0.25) is 0 Å². The van der Waals surface area contributed by atoms with Crippen LogP contribution < -0.4 is 0 Å². The van der Waals surface area contributed by atoms with E-state index in [-0.39, 0.29) is 9.58 Å². The molecule has 0 aliphatic carbocycles. The fourth-order valence-electron chi connectivity index (χ4n) is 1.15. The van der Waals surface area contributed by atoms with Crippen LogP contribution in [-0.2, 0) is 0 Å². The zero-order chi connectivity index (χ0) is 10.3. The van der Waals surface area contributed by atoms with Crippen molar-refractivity contribution in [2.75, 3.05) is 0 Å². The molecule has 0 unspecified atom stereocenters. The van der Waals surface area contributed by atoms with Crippen LogP contribution in [-0.4, -0.2) is 11.1 Å². The summed E-state index contributed by atoms with van der Waals surface area (Å²) in [7, 11) is 0. The third kappa shape index (κ3) is 1.26. The molecule has 0 amide bonds. The van der Waals surface area contributed by atoms with Gasteiger partial charge in [0, 0.05) is 0 Å². The Kier molecular flexibility index (Phi) is 1.96. The number of carbonyl (C=O) groups is 1. The molecule has 0 saturated carbocycles. The standard InChI is InChI=1S/C9H4F2O2S/c10-5-2-1-4-3-6(9(12)13)14-8(4)7(5)11/h1-3H,(H,12,13). The molecule has 0 atom stereocenters. The first kappa shape index (κ1) is 9.08. The molecule has 1 aromatic carbocycles. The van der Waals surface area contributed by atoms with E-state index in [2.05, 4.69) is 0 Å². The minimum atomic E-state index is -1.13. The Morgan fingerprint density at radius 3 is 2.71 bits per heavy atom. The Balaban J connectivity index is 2.77. The Morgan fingerprint density at radius 2 is 2.07 bits per heavy atom. The van der Waals surface area contributed by atoms with Gasteiger partial charge in [-0.15, -0.1) is 11.3 Å². The number of rotatable bonds is 1. The summed E-state index contributed by atoms with van der Waals surface area (Å²) in [6, 6.07) is 3.66. The van der Waals surface area contributed by atoms with Gasteiger partial charge in [0.05, 0.1) is 4.70 Å². The van der Waals surface area contributed by atoms with E-state index < -0.39 is 17.6 Å². The van der Waals surface area contributed by atoms with Crippen LogP contribution in [0.15, 0.2) is 18.2 Å². The second kappa shape index (κ2) is 3.02. The van der Waals surface area contributed by atoms with E-state index in [0.717, 1.165) is 17.4 Å². The van der Waals surface area contributed by atoms with Gasteiger partial charge in [-0.1, -0.05) is 6.07 Å². The predicted octanol–water partition coefficient (Wildman–Crippen LogP) is 2.88. The van der Waals surface area contributed by atoms with Crippen LogP contribution in [0.25, 0.3) is 10.1 Å². The molecular formula is C9H4F2O2S. The van der Waals surface area contributed by atoms with Gasteiger partial charge in [0.1, 0.15) is 4.88 Å². The number of carboxylic acid groups (broad SMARTS) is 1. The highest BCUT2D eigenvalue weighted by Crippen LogP contribution is 2.29. The average molecular weight is 214 g/mol. The maximum absolute atomic E-state index is 13.1. The van der Waals surface area contributed by atoms with Crippen LogP contribution in [0.5, 0.6) is 0 Å². The van der Waals surface area contributed by atoms with Gasteiger partial charge >= 0.3 is 5.97 Å². The van der Waals surface area contributed by atoms with Crippen molar-refractivity contribution in [1.29, 1.82) is 0 Å². The van der Waals surface area contributed by atoms with Crippen molar-refractivity contribution in [1.82, 2.24) is 0 Å². The van der Waals surface area contributed by atoms with E-state index in [0.29, 0.717) is 5.39 Å². The highest BCUT2D eigenvalue weighted by Gasteiger charge is 2.13.